The Morgan fingerprint density at radius 3 is 1.78 bits per heavy atom. The van der Waals surface area contributed by atoms with Crippen molar-refractivity contribution in [1.29, 1.82) is 0 Å². The van der Waals surface area contributed by atoms with Crippen molar-refractivity contribution >= 4 is 17.9 Å². The van der Waals surface area contributed by atoms with E-state index in [0.717, 1.165) is 6.42 Å². The van der Waals surface area contributed by atoms with Crippen LogP contribution in [0.4, 0.5) is 0 Å². The number of aliphatic hydroxyl groups is 1. The maximum atomic E-state index is 11.2. The van der Waals surface area contributed by atoms with E-state index in [2.05, 4.69) is 4.74 Å². The summed E-state index contributed by atoms with van der Waals surface area (Å²) in [7, 11) is 0. The van der Waals surface area contributed by atoms with Crippen LogP contribution in [0.15, 0.2) is 0 Å². The lowest BCUT2D eigenvalue weighted by atomic mass is 10.2. The number of hydrogen-bond donors (Lipinski definition) is 2. The smallest absolute Gasteiger partial charge is 0.313 e. The van der Waals surface area contributed by atoms with Crippen LogP contribution >= 0.6 is 0 Å². The Labute approximate surface area is 106 Å². The zero-order valence-electron chi connectivity index (χ0n) is 10.4. The number of carbonyl (C=O) groups is 3. The Bertz CT molecular complexity index is 274. The molecule has 6 nitrogen and oxygen atoms in total. The molecule has 104 valence electrons. The summed E-state index contributed by atoms with van der Waals surface area (Å²) in [5.74, 6) is -2.06. The van der Waals surface area contributed by atoms with E-state index in [-0.39, 0.29) is 25.9 Å². The molecule has 0 aromatic heterocycles. The Morgan fingerprint density at radius 1 is 0.778 bits per heavy atom. The summed E-state index contributed by atoms with van der Waals surface area (Å²) in [6, 6.07) is 0. The van der Waals surface area contributed by atoms with Gasteiger partial charge in [-0.3, -0.25) is 14.4 Å². The number of carboxylic acids is 1. The molecule has 0 saturated heterocycles. The van der Waals surface area contributed by atoms with E-state index < -0.39 is 17.9 Å². The highest BCUT2D eigenvalue weighted by atomic mass is 16.6. The van der Waals surface area contributed by atoms with Gasteiger partial charge in [0.15, 0.2) is 0 Å². The molecular formula is C12H20O6. The van der Waals surface area contributed by atoms with Gasteiger partial charge in [0.25, 0.3) is 0 Å². The first kappa shape index (κ1) is 16.6. The number of aliphatic hydroxyl groups excluding tert-OH is 1. The van der Waals surface area contributed by atoms with Crippen LogP contribution in [-0.4, -0.2) is 34.7 Å². The largest absolute Gasteiger partial charge is 0.481 e. The van der Waals surface area contributed by atoms with E-state index in [1.54, 1.807) is 0 Å². The number of carbonyl (C=O) groups excluding carboxylic acids is 2. The van der Waals surface area contributed by atoms with Crippen molar-refractivity contribution in [2.24, 2.45) is 0 Å². The number of ether oxygens (including phenoxy) is 1. The first-order valence-electron chi connectivity index (χ1n) is 6.12. The second-order valence-electron chi connectivity index (χ2n) is 3.98. The maximum Gasteiger partial charge on any atom is 0.313 e. The van der Waals surface area contributed by atoms with Crippen molar-refractivity contribution in [3.63, 3.8) is 0 Å². The first-order chi connectivity index (χ1) is 8.56. The maximum absolute atomic E-state index is 11.2. The third kappa shape index (κ3) is 11.1. The molecule has 0 rings (SSSR count). The zero-order chi connectivity index (χ0) is 13.8. The minimum absolute atomic E-state index is 0.0163. The average molecular weight is 260 g/mol. The lowest BCUT2D eigenvalue weighted by molar-refractivity contribution is -0.160. The number of hydrogen-bond acceptors (Lipinski definition) is 5. The molecular weight excluding hydrogens is 240 g/mol. The summed E-state index contributed by atoms with van der Waals surface area (Å²) in [5.41, 5.74) is 0. The highest BCUT2D eigenvalue weighted by molar-refractivity contribution is 5.85. The second-order valence-corrected chi connectivity index (χ2v) is 3.98. The molecule has 0 spiro atoms. The van der Waals surface area contributed by atoms with Gasteiger partial charge in [0.1, 0.15) is 0 Å². The highest BCUT2D eigenvalue weighted by Gasteiger charge is 2.10. The van der Waals surface area contributed by atoms with E-state index in [4.69, 9.17) is 10.2 Å². The Morgan fingerprint density at radius 2 is 1.28 bits per heavy atom. The summed E-state index contributed by atoms with van der Waals surface area (Å²) >= 11 is 0. The average Bonchev–Trinajstić information content (AvgIpc) is 2.30. The minimum Gasteiger partial charge on any atom is -0.481 e. The zero-order valence-corrected chi connectivity index (χ0v) is 10.4. The molecule has 0 atom stereocenters. The monoisotopic (exact) mass is 260 g/mol. The topological polar surface area (TPSA) is 101 Å². The summed E-state index contributed by atoms with van der Waals surface area (Å²) in [6.07, 6.45) is 3.00. The third-order valence-electron chi connectivity index (χ3n) is 2.29. The Balaban J connectivity index is 3.49. The van der Waals surface area contributed by atoms with E-state index in [9.17, 15) is 14.4 Å². The van der Waals surface area contributed by atoms with Crippen LogP contribution in [-0.2, 0) is 19.1 Å². The molecule has 0 aromatic rings. The predicted molar refractivity (Wildman–Crippen MR) is 62.8 cm³/mol. The molecule has 0 radical (unpaired) electrons. The molecule has 0 aliphatic rings. The molecule has 0 amide bonds. The number of esters is 2. The fourth-order valence-electron chi connectivity index (χ4n) is 1.33. The van der Waals surface area contributed by atoms with Crippen molar-refractivity contribution in [2.75, 3.05) is 6.61 Å². The van der Waals surface area contributed by atoms with E-state index >= 15 is 0 Å². The SMILES string of the molecule is O=C(O)CCCCC(=O)OC(=O)CCCCCO. The fraction of sp³-hybridized carbons (Fsp3) is 0.750. The van der Waals surface area contributed by atoms with Gasteiger partial charge in [0, 0.05) is 25.9 Å². The molecule has 0 fully saturated rings. The molecule has 18 heavy (non-hydrogen) atoms. The molecule has 0 unspecified atom stereocenters. The molecule has 0 aliphatic heterocycles. The van der Waals surface area contributed by atoms with Crippen molar-refractivity contribution in [3.05, 3.63) is 0 Å². The fourth-order valence-corrected chi connectivity index (χ4v) is 1.33. The van der Waals surface area contributed by atoms with Gasteiger partial charge in [-0.05, 0) is 25.7 Å². The van der Waals surface area contributed by atoms with Gasteiger partial charge in [0.05, 0.1) is 0 Å². The second kappa shape index (κ2) is 10.7. The Kier molecular flexibility index (Phi) is 9.86. The van der Waals surface area contributed by atoms with Gasteiger partial charge in [-0.1, -0.05) is 6.42 Å². The van der Waals surface area contributed by atoms with Gasteiger partial charge in [-0.15, -0.1) is 0 Å². The summed E-state index contributed by atoms with van der Waals surface area (Å²) in [6.45, 7) is 0.0948. The summed E-state index contributed by atoms with van der Waals surface area (Å²) < 4.78 is 4.55. The van der Waals surface area contributed by atoms with Crippen LogP contribution < -0.4 is 0 Å². The number of aliphatic carboxylic acids is 1. The minimum atomic E-state index is -0.900. The van der Waals surface area contributed by atoms with E-state index in [0.29, 0.717) is 25.7 Å². The number of carboxylic acid groups (broad SMARTS) is 1. The molecule has 2 N–H and O–H groups in total. The van der Waals surface area contributed by atoms with Gasteiger partial charge in [0.2, 0.25) is 0 Å². The van der Waals surface area contributed by atoms with Crippen molar-refractivity contribution in [1.82, 2.24) is 0 Å². The van der Waals surface area contributed by atoms with E-state index in [1.807, 2.05) is 0 Å². The van der Waals surface area contributed by atoms with Gasteiger partial charge < -0.3 is 14.9 Å². The highest BCUT2D eigenvalue weighted by Crippen LogP contribution is 2.04. The summed E-state index contributed by atoms with van der Waals surface area (Å²) in [5, 5.41) is 16.9. The van der Waals surface area contributed by atoms with Gasteiger partial charge >= 0.3 is 17.9 Å². The molecule has 0 aliphatic carbocycles. The van der Waals surface area contributed by atoms with Crippen LogP contribution in [0.2, 0.25) is 0 Å². The molecule has 0 aromatic carbocycles. The molecule has 6 heteroatoms. The van der Waals surface area contributed by atoms with Gasteiger partial charge in [-0.25, -0.2) is 0 Å². The molecule has 0 saturated carbocycles. The van der Waals surface area contributed by atoms with Crippen LogP contribution in [0, 0.1) is 0 Å². The number of rotatable bonds is 10. The lowest BCUT2D eigenvalue weighted by Crippen LogP contribution is -2.12. The molecule has 0 bridgehead atoms. The standard InChI is InChI=1S/C12H20O6/c13-9-5-1-2-7-11(16)18-12(17)8-4-3-6-10(14)15/h13H,1-9H2,(H,14,15). The Hall–Kier alpha value is -1.43. The van der Waals surface area contributed by atoms with Crippen LogP contribution in [0.1, 0.15) is 51.4 Å². The van der Waals surface area contributed by atoms with E-state index in [1.165, 1.54) is 0 Å². The van der Waals surface area contributed by atoms with Crippen molar-refractivity contribution < 1.29 is 29.3 Å². The quantitative estimate of drug-likeness (QED) is 0.348. The predicted octanol–water partition coefficient (Wildman–Crippen LogP) is 1.25. The first-order valence-corrected chi connectivity index (χ1v) is 6.12. The molecule has 0 heterocycles. The van der Waals surface area contributed by atoms with Crippen molar-refractivity contribution in [2.45, 2.75) is 51.4 Å². The number of unbranched alkanes of at least 4 members (excludes halogenated alkanes) is 3. The van der Waals surface area contributed by atoms with Crippen LogP contribution in [0.5, 0.6) is 0 Å². The summed E-state index contributed by atoms with van der Waals surface area (Å²) in [4.78, 5) is 32.5. The van der Waals surface area contributed by atoms with Crippen LogP contribution in [0.3, 0.4) is 0 Å². The van der Waals surface area contributed by atoms with Crippen molar-refractivity contribution in [3.8, 4) is 0 Å². The van der Waals surface area contributed by atoms with Crippen LogP contribution in [0.25, 0.3) is 0 Å². The normalized spacial score (nSPS) is 10.1. The van der Waals surface area contributed by atoms with Gasteiger partial charge in [-0.2, -0.15) is 0 Å². The lowest BCUT2D eigenvalue weighted by Gasteiger charge is -2.02. The third-order valence-corrected chi connectivity index (χ3v) is 2.29.